The van der Waals surface area contributed by atoms with E-state index in [0.29, 0.717) is 6.92 Å². The molecule has 0 aromatic heterocycles. The maximum absolute atomic E-state index is 13.3. The van der Waals surface area contributed by atoms with Crippen LogP contribution < -0.4 is 5.73 Å². The van der Waals surface area contributed by atoms with Crippen LogP contribution in [-0.4, -0.2) is 0 Å². The van der Waals surface area contributed by atoms with E-state index >= 15 is 0 Å². The Kier molecular flexibility index (Phi) is 6.43. The highest BCUT2D eigenvalue weighted by Gasteiger charge is 2.60. The smallest absolute Gasteiger partial charge is 0.324 e. The summed E-state index contributed by atoms with van der Waals surface area (Å²) >= 11 is 0. The van der Waals surface area contributed by atoms with Crippen LogP contribution in [0.3, 0.4) is 0 Å². The monoisotopic (exact) mass is 475 g/mol. The van der Waals surface area contributed by atoms with Gasteiger partial charge in [0.15, 0.2) is 0 Å². The minimum absolute atomic E-state index is 0.711. The largest absolute Gasteiger partial charge is 0.417 e. The summed E-state index contributed by atoms with van der Waals surface area (Å²) in [5.74, 6) is 0. The van der Waals surface area contributed by atoms with Gasteiger partial charge in [-0.2, -0.15) is 65.9 Å². The maximum Gasteiger partial charge on any atom is 0.417 e. The van der Waals surface area contributed by atoms with Crippen molar-refractivity contribution in [3.63, 3.8) is 0 Å². The Balaban J connectivity index is 4.79. The van der Waals surface area contributed by atoms with Crippen molar-refractivity contribution in [2.45, 2.75) is 50.3 Å². The number of alkyl halides is 15. The van der Waals surface area contributed by atoms with Crippen LogP contribution in [-0.2, 0) is 30.9 Å². The molecule has 0 heterocycles. The van der Waals surface area contributed by atoms with Gasteiger partial charge in [-0.3, -0.25) is 0 Å². The van der Waals surface area contributed by atoms with Gasteiger partial charge in [0.1, 0.15) is 0 Å². The van der Waals surface area contributed by atoms with Crippen LogP contribution in [0, 0.1) is 0 Å². The second-order valence-corrected chi connectivity index (χ2v) is 5.79. The summed E-state index contributed by atoms with van der Waals surface area (Å²) in [6, 6.07) is -2.76. The summed E-state index contributed by atoms with van der Waals surface area (Å²) in [6.45, 7) is 0.711. The van der Waals surface area contributed by atoms with Gasteiger partial charge in [0.25, 0.3) is 0 Å². The lowest BCUT2D eigenvalue weighted by Gasteiger charge is -2.32. The molecule has 1 atom stereocenters. The Morgan fingerprint density at radius 1 is 0.500 bits per heavy atom. The van der Waals surface area contributed by atoms with Crippen molar-refractivity contribution in [3.8, 4) is 0 Å². The molecule has 0 fully saturated rings. The molecule has 0 radical (unpaired) electrons. The van der Waals surface area contributed by atoms with Crippen molar-refractivity contribution in [1.82, 2.24) is 0 Å². The molecular weight excluding hydrogens is 467 g/mol. The van der Waals surface area contributed by atoms with Gasteiger partial charge < -0.3 is 5.73 Å². The number of benzene rings is 1. The average molecular weight is 475 g/mol. The third-order valence-corrected chi connectivity index (χ3v) is 3.77. The first-order chi connectivity index (χ1) is 13.0. The van der Waals surface area contributed by atoms with Crippen molar-refractivity contribution >= 4 is 0 Å². The fourth-order valence-electron chi connectivity index (χ4n) is 2.78. The molecule has 2 N–H and O–H groups in total. The zero-order chi connectivity index (χ0) is 24.2. The Morgan fingerprint density at radius 3 is 0.867 bits per heavy atom. The minimum Gasteiger partial charge on any atom is -0.324 e. The topological polar surface area (TPSA) is 26.0 Å². The summed E-state index contributed by atoms with van der Waals surface area (Å²) in [7, 11) is 0. The van der Waals surface area contributed by atoms with E-state index in [1.165, 1.54) is 0 Å². The Bertz CT molecular complexity index is 735. The lowest BCUT2D eigenvalue weighted by molar-refractivity contribution is -0.189. The Hall–Kier alpha value is -1.87. The van der Waals surface area contributed by atoms with Crippen molar-refractivity contribution in [3.05, 3.63) is 33.4 Å². The van der Waals surface area contributed by atoms with Gasteiger partial charge in [-0.05, 0) is 12.0 Å². The van der Waals surface area contributed by atoms with Crippen LogP contribution in [0.2, 0.25) is 0 Å². The molecule has 0 amide bonds. The Labute approximate surface area is 156 Å². The van der Waals surface area contributed by atoms with Crippen molar-refractivity contribution in [2.75, 3.05) is 0 Å². The fourth-order valence-corrected chi connectivity index (χ4v) is 2.78. The number of nitrogens with two attached hydrogens (primary N) is 1. The molecule has 0 aliphatic carbocycles. The van der Waals surface area contributed by atoms with Crippen LogP contribution in [0.5, 0.6) is 0 Å². The van der Waals surface area contributed by atoms with Crippen LogP contribution in [0.1, 0.15) is 52.8 Å². The van der Waals surface area contributed by atoms with Gasteiger partial charge in [-0.15, -0.1) is 0 Å². The molecule has 0 saturated carbocycles. The number of rotatable bonds is 2. The van der Waals surface area contributed by atoms with Gasteiger partial charge in [0.05, 0.1) is 27.8 Å². The normalized spacial score (nSPS) is 15.5. The highest BCUT2D eigenvalue weighted by molar-refractivity contribution is 5.58. The number of halogens is 15. The first-order valence-electron chi connectivity index (χ1n) is 7.32. The van der Waals surface area contributed by atoms with E-state index in [-0.39, 0.29) is 0 Å². The molecule has 1 unspecified atom stereocenters. The highest BCUT2D eigenvalue weighted by Crippen LogP contribution is 2.57. The third kappa shape index (κ3) is 4.88. The number of hydrogen-bond donors (Lipinski definition) is 1. The van der Waals surface area contributed by atoms with E-state index in [1.807, 2.05) is 0 Å². The quantitative estimate of drug-likeness (QED) is 0.451. The minimum atomic E-state index is -6.90. The van der Waals surface area contributed by atoms with Crippen molar-refractivity contribution in [2.24, 2.45) is 5.73 Å². The number of hydrogen-bond acceptors (Lipinski definition) is 1. The molecule has 0 aliphatic heterocycles. The van der Waals surface area contributed by atoms with E-state index in [0.717, 1.165) is 0 Å². The molecule has 0 aliphatic rings. The standard InChI is InChI=1S/C14H8F15N/c1-2-3(30)4-5(10(15,16)17)7(12(21,22)23)9(14(27,28)29)8(13(24,25)26)6(4)11(18,19)20/h3H,2,30H2,1H3. The van der Waals surface area contributed by atoms with E-state index < -0.39 is 76.7 Å². The van der Waals surface area contributed by atoms with Gasteiger partial charge in [-0.25, -0.2) is 0 Å². The molecule has 1 aromatic rings. The predicted octanol–water partition coefficient (Wildman–Crippen LogP) is 7.19. The van der Waals surface area contributed by atoms with Gasteiger partial charge >= 0.3 is 30.9 Å². The van der Waals surface area contributed by atoms with E-state index in [4.69, 9.17) is 5.73 Å². The predicted molar refractivity (Wildman–Crippen MR) is 68.7 cm³/mol. The summed E-state index contributed by atoms with van der Waals surface area (Å²) in [5.41, 5.74) is -17.0. The lowest BCUT2D eigenvalue weighted by atomic mass is 9.81. The third-order valence-electron chi connectivity index (χ3n) is 3.77. The molecule has 0 saturated heterocycles. The molecular formula is C14H8F15N. The maximum atomic E-state index is 13.3. The van der Waals surface area contributed by atoms with Crippen LogP contribution in [0.15, 0.2) is 0 Å². The molecule has 16 heteroatoms. The summed E-state index contributed by atoms with van der Waals surface area (Å²) < 4.78 is 199. The SMILES string of the molecule is CCC(N)c1c(C(F)(F)F)c(C(F)(F)F)c(C(F)(F)F)c(C(F)(F)F)c1C(F)(F)F. The summed E-state index contributed by atoms with van der Waals surface area (Å²) in [5, 5.41) is 0. The van der Waals surface area contributed by atoms with E-state index in [2.05, 4.69) is 0 Å². The van der Waals surface area contributed by atoms with Crippen LogP contribution in [0.4, 0.5) is 65.9 Å². The summed E-state index contributed by atoms with van der Waals surface area (Å²) in [6.07, 6.45) is -34.7. The molecule has 30 heavy (non-hydrogen) atoms. The second kappa shape index (κ2) is 7.37. The molecule has 0 spiro atoms. The molecule has 1 aromatic carbocycles. The van der Waals surface area contributed by atoms with Gasteiger partial charge in [-0.1, -0.05) is 6.92 Å². The van der Waals surface area contributed by atoms with Gasteiger partial charge in [0.2, 0.25) is 0 Å². The van der Waals surface area contributed by atoms with E-state index in [1.54, 1.807) is 0 Å². The van der Waals surface area contributed by atoms with E-state index in [9.17, 15) is 65.9 Å². The van der Waals surface area contributed by atoms with Crippen LogP contribution >= 0.6 is 0 Å². The molecule has 174 valence electrons. The molecule has 1 nitrogen and oxygen atoms in total. The Morgan fingerprint density at radius 2 is 0.700 bits per heavy atom. The molecule has 0 bridgehead atoms. The van der Waals surface area contributed by atoms with Crippen molar-refractivity contribution in [1.29, 1.82) is 0 Å². The first-order valence-corrected chi connectivity index (χ1v) is 7.32. The lowest BCUT2D eigenvalue weighted by Crippen LogP contribution is -2.35. The highest BCUT2D eigenvalue weighted by atomic mass is 19.4. The van der Waals surface area contributed by atoms with Gasteiger partial charge in [0, 0.05) is 6.04 Å². The second-order valence-electron chi connectivity index (χ2n) is 5.79. The fraction of sp³-hybridized carbons (Fsp3) is 0.571. The first kappa shape index (κ1) is 26.2. The molecule has 1 rings (SSSR count). The zero-order valence-corrected chi connectivity index (χ0v) is 14.0. The average Bonchev–Trinajstić information content (AvgIpc) is 2.46. The van der Waals surface area contributed by atoms with Crippen LogP contribution in [0.25, 0.3) is 0 Å². The van der Waals surface area contributed by atoms with Crippen molar-refractivity contribution < 1.29 is 65.9 Å². The summed E-state index contributed by atoms with van der Waals surface area (Å²) in [4.78, 5) is 0. The zero-order valence-electron chi connectivity index (χ0n) is 14.0.